The molecule has 1 aliphatic carbocycles. The van der Waals surface area contributed by atoms with Crippen molar-refractivity contribution in [3.05, 3.63) is 70.8 Å². The van der Waals surface area contributed by atoms with Gasteiger partial charge in [0.1, 0.15) is 11.6 Å². The van der Waals surface area contributed by atoms with E-state index in [0.717, 1.165) is 12.8 Å². The predicted molar refractivity (Wildman–Crippen MR) is 80.3 cm³/mol. The Hall–Kier alpha value is -1.74. The van der Waals surface area contributed by atoms with Crippen LogP contribution in [0.4, 0.5) is 8.78 Å². The van der Waals surface area contributed by atoms with E-state index in [-0.39, 0.29) is 11.6 Å². The molecule has 0 amide bonds. The highest BCUT2D eigenvalue weighted by atomic mass is 19.1. The minimum Gasteiger partial charge on any atom is -0.311 e. The van der Waals surface area contributed by atoms with E-state index in [2.05, 4.69) is 29.6 Å². The van der Waals surface area contributed by atoms with Crippen LogP contribution in [0.25, 0.3) is 0 Å². The smallest absolute Gasteiger partial charge is 0.129 e. The first-order valence-corrected chi connectivity index (χ1v) is 7.39. The molecule has 1 atom stereocenters. The summed E-state index contributed by atoms with van der Waals surface area (Å²) in [4.78, 5) is 0. The Balaban J connectivity index is 1.62. The zero-order valence-corrected chi connectivity index (χ0v) is 12.1. The molecule has 21 heavy (non-hydrogen) atoms. The van der Waals surface area contributed by atoms with Crippen molar-refractivity contribution in [2.45, 2.75) is 38.3 Å². The number of nitrogens with one attached hydrogen (secondary N) is 1. The lowest BCUT2D eigenvalue weighted by Crippen LogP contribution is -2.38. The van der Waals surface area contributed by atoms with Crippen molar-refractivity contribution in [1.29, 1.82) is 0 Å². The lowest BCUT2D eigenvalue weighted by molar-refractivity contribution is 0.439. The topological polar surface area (TPSA) is 12.0 Å². The number of rotatable bonds is 4. The summed E-state index contributed by atoms with van der Waals surface area (Å²) in [6.07, 6.45) is 2.34. The van der Waals surface area contributed by atoms with Crippen LogP contribution in [-0.2, 0) is 19.3 Å². The quantitative estimate of drug-likeness (QED) is 0.905. The molecule has 0 bridgehead atoms. The summed E-state index contributed by atoms with van der Waals surface area (Å²) in [6.45, 7) is 1.98. The third kappa shape index (κ3) is 3.13. The molecule has 0 aromatic heterocycles. The first-order chi connectivity index (χ1) is 10.1. The normalized spacial score (nSPS) is 16.0. The number of hydrogen-bond donors (Lipinski definition) is 1. The first kappa shape index (κ1) is 14.2. The molecule has 0 radical (unpaired) electrons. The molecule has 0 spiro atoms. The van der Waals surface area contributed by atoms with Crippen LogP contribution < -0.4 is 5.32 Å². The Morgan fingerprint density at radius 3 is 2.14 bits per heavy atom. The highest BCUT2D eigenvalue weighted by Gasteiger charge is 2.22. The number of fused-ring (bicyclic) bond motifs is 1. The van der Waals surface area contributed by atoms with Crippen LogP contribution >= 0.6 is 0 Å². The SMILES string of the molecule is CC(Cc1c(F)cccc1F)NC1Cc2ccccc2C1. The van der Waals surface area contributed by atoms with Crippen LogP contribution in [0.5, 0.6) is 0 Å². The molecule has 0 heterocycles. The second-order valence-electron chi connectivity index (χ2n) is 5.85. The van der Waals surface area contributed by atoms with E-state index in [0.29, 0.717) is 12.5 Å². The standard InChI is InChI=1S/C18H19F2N/c1-12(9-16-17(19)7-4-8-18(16)20)21-15-10-13-5-2-3-6-14(13)11-15/h2-8,12,15,21H,9-11H2,1H3. The third-order valence-electron chi connectivity index (χ3n) is 4.14. The highest BCUT2D eigenvalue weighted by molar-refractivity contribution is 5.33. The summed E-state index contributed by atoms with van der Waals surface area (Å²) >= 11 is 0. The van der Waals surface area contributed by atoms with Crippen molar-refractivity contribution in [1.82, 2.24) is 5.32 Å². The highest BCUT2D eigenvalue weighted by Crippen LogP contribution is 2.22. The lowest BCUT2D eigenvalue weighted by Gasteiger charge is -2.19. The van der Waals surface area contributed by atoms with E-state index in [1.165, 1.54) is 29.3 Å². The summed E-state index contributed by atoms with van der Waals surface area (Å²) < 4.78 is 27.3. The summed E-state index contributed by atoms with van der Waals surface area (Å²) in [5, 5.41) is 3.50. The van der Waals surface area contributed by atoms with Crippen LogP contribution in [-0.4, -0.2) is 12.1 Å². The predicted octanol–water partition coefficient (Wildman–Crippen LogP) is 3.65. The molecular weight excluding hydrogens is 268 g/mol. The van der Waals surface area contributed by atoms with Gasteiger partial charge >= 0.3 is 0 Å². The van der Waals surface area contributed by atoms with Gasteiger partial charge in [0.15, 0.2) is 0 Å². The molecule has 3 heteroatoms. The van der Waals surface area contributed by atoms with E-state index in [1.807, 2.05) is 6.92 Å². The average Bonchev–Trinajstić information content (AvgIpc) is 2.85. The Bertz CT molecular complexity index is 594. The molecule has 0 saturated carbocycles. The van der Waals surface area contributed by atoms with Crippen LogP contribution in [0.2, 0.25) is 0 Å². The van der Waals surface area contributed by atoms with Gasteiger partial charge in [0.25, 0.3) is 0 Å². The first-order valence-electron chi connectivity index (χ1n) is 7.39. The van der Waals surface area contributed by atoms with Crippen molar-refractivity contribution >= 4 is 0 Å². The largest absolute Gasteiger partial charge is 0.311 e. The Kier molecular flexibility index (Phi) is 4.02. The van der Waals surface area contributed by atoms with Crippen molar-refractivity contribution in [3.8, 4) is 0 Å². The molecule has 1 unspecified atom stereocenters. The van der Waals surface area contributed by atoms with Crippen molar-refractivity contribution in [3.63, 3.8) is 0 Å². The van der Waals surface area contributed by atoms with Gasteiger partial charge in [0.2, 0.25) is 0 Å². The fourth-order valence-corrected chi connectivity index (χ4v) is 3.17. The summed E-state index contributed by atoms with van der Waals surface area (Å²) in [5.74, 6) is -0.920. The second-order valence-corrected chi connectivity index (χ2v) is 5.85. The van der Waals surface area contributed by atoms with Gasteiger partial charge < -0.3 is 5.32 Å². The third-order valence-corrected chi connectivity index (χ3v) is 4.14. The summed E-state index contributed by atoms with van der Waals surface area (Å²) in [7, 11) is 0. The fourth-order valence-electron chi connectivity index (χ4n) is 3.17. The van der Waals surface area contributed by atoms with E-state index in [4.69, 9.17) is 0 Å². The maximum absolute atomic E-state index is 13.7. The van der Waals surface area contributed by atoms with Crippen LogP contribution in [0.15, 0.2) is 42.5 Å². The molecule has 1 N–H and O–H groups in total. The van der Waals surface area contributed by atoms with Gasteiger partial charge in [-0.25, -0.2) is 8.78 Å². The monoisotopic (exact) mass is 287 g/mol. The molecule has 0 aliphatic heterocycles. The van der Waals surface area contributed by atoms with E-state index >= 15 is 0 Å². The van der Waals surface area contributed by atoms with Crippen LogP contribution in [0, 0.1) is 11.6 Å². The van der Waals surface area contributed by atoms with Gasteiger partial charge in [-0.15, -0.1) is 0 Å². The van der Waals surface area contributed by atoms with Gasteiger partial charge in [-0.1, -0.05) is 30.3 Å². The lowest BCUT2D eigenvalue weighted by atomic mass is 10.0. The van der Waals surface area contributed by atoms with Gasteiger partial charge in [-0.05, 0) is 49.4 Å². The van der Waals surface area contributed by atoms with Crippen LogP contribution in [0.3, 0.4) is 0 Å². The maximum atomic E-state index is 13.7. The molecule has 0 saturated heterocycles. The number of halogens is 2. The summed E-state index contributed by atoms with van der Waals surface area (Å²) in [6, 6.07) is 12.8. The Labute approximate surface area is 124 Å². The zero-order valence-electron chi connectivity index (χ0n) is 12.1. The van der Waals surface area contributed by atoms with Crippen LogP contribution in [0.1, 0.15) is 23.6 Å². The maximum Gasteiger partial charge on any atom is 0.129 e. The number of hydrogen-bond acceptors (Lipinski definition) is 1. The minimum atomic E-state index is -0.460. The van der Waals surface area contributed by atoms with Gasteiger partial charge in [-0.2, -0.15) is 0 Å². The number of benzene rings is 2. The molecular formula is C18H19F2N. The summed E-state index contributed by atoms with van der Waals surface area (Å²) in [5.41, 5.74) is 2.92. The Morgan fingerprint density at radius 2 is 1.57 bits per heavy atom. The molecule has 110 valence electrons. The minimum absolute atomic E-state index is 0.0377. The molecule has 0 fully saturated rings. The van der Waals surface area contributed by atoms with Gasteiger partial charge in [0, 0.05) is 17.6 Å². The van der Waals surface area contributed by atoms with Crippen molar-refractivity contribution < 1.29 is 8.78 Å². The zero-order chi connectivity index (χ0) is 14.8. The molecule has 1 aliphatic rings. The van der Waals surface area contributed by atoms with Crippen molar-refractivity contribution in [2.75, 3.05) is 0 Å². The van der Waals surface area contributed by atoms with Crippen molar-refractivity contribution in [2.24, 2.45) is 0 Å². The van der Waals surface area contributed by atoms with E-state index in [1.54, 1.807) is 0 Å². The van der Waals surface area contributed by atoms with Gasteiger partial charge in [0.05, 0.1) is 0 Å². The average molecular weight is 287 g/mol. The molecule has 2 aromatic carbocycles. The Morgan fingerprint density at radius 1 is 1.00 bits per heavy atom. The fraction of sp³-hybridized carbons (Fsp3) is 0.333. The molecule has 1 nitrogen and oxygen atoms in total. The molecule has 2 aromatic rings. The van der Waals surface area contributed by atoms with E-state index < -0.39 is 11.6 Å². The van der Waals surface area contributed by atoms with Gasteiger partial charge in [-0.3, -0.25) is 0 Å². The molecule has 3 rings (SSSR count). The second kappa shape index (κ2) is 5.94. The van der Waals surface area contributed by atoms with E-state index in [9.17, 15) is 8.78 Å².